The highest BCUT2D eigenvalue weighted by atomic mass is 32.1. The van der Waals surface area contributed by atoms with E-state index in [4.69, 9.17) is 4.74 Å². The molecule has 0 aliphatic heterocycles. The largest absolute Gasteiger partial charge is 0.385 e. The van der Waals surface area contributed by atoms with E-state index in [-0.39, 0.29) is 5.91 Å². The summed E-state index contributed by atoms with van der Waals surface area (Å²) in [5, 5.41) is 5.69. The summed E-state index contributed by atoms with van der Waals surface area (Å²) in [6, 6.07) is 0. The second-order valence-electron chi connectivity index (χ2n) is 3.26. The van der Waals surface area contributed by atoms with Gasteiger partial charge in [0, 0.05) is 31.7 Å². The predicted molar refractivity (Wildman–Crippen MR) is 65.4 cm³/mol. The number of carbonyl (C=O) groups is 1. The van der Waals surface area contributed by atoms with Crippen LogP contribution in [0.25, 0.3) is 6.08 Å². The smallest absolute Gasteiger partial charge is 0.244 e. The van der Waals surface area contributed by atoms with Crippen molar-refractivity contribution in [1.82, 2.24) is 10.3 Å². The van der Waals surface area contributed by atoms with E-state index in [1.54, 1.807) is 24.5 Å². The summed E-state index contributed by atoms with van der Waals surface area (Å²) in [6.45, 7) is 3.23. The molecule has 88 valence electrons. The summed E-state index contributed by atoms with van der Waals surface area (Å²) in [7, 11) is 1.65. The lowest BCUT2D eigenvalue weighted by Gasteiger charge is -2.00. The molecule has 0 bridgehead atoms. The van der Waals surface area contributed by atoms with Gasteiger partial charge in [-0.25, -0.2) is 4.98 Å². The number of aryl methyl sites for hydroxylation is 1. The normalized spacial score (nSPS) is 10.9. The quantitative estimate of drug-likeness (QED) is 0.607. The predicted octanol–water partition coefficient (Wildman–Crippen LogP) is 1.62. The van der Waals surface area contributed by atoms with Gasteiger partial charge in [0.25, 0.3) is 0 Å². The molecule has 1 N–H and O–H groups in total. The first-order chi connectivity index (χ1) is 7.72. The van der Waals surface area contributed by atoms with Crippen LogP contribution in [-0.4, -0.2) is 31.2 Å². The molecule has 16 heavy (non-hydrogen) atoms. The summed E-state index contributed by atoms with van der Waals surface area (Å²) < 4.78 is 4.88. The van der Waals surface area contributed by atoms with Crippen molar-refractivity contribution in [1.29, 1.82) is 0 Å². The van der Waals surface area contributed by atoms with Gasteiger partial charge in [0.05, 0.1) is 10.7 Å². The first-order valence-corrected chi connectivity index (χ1v) is 5.97. The number of hydrogen-bond donors (Lipinski definition) is 1. The van der Waals surface area contributed by atoms with Gasteiger partial charge in [0.2, 0.25) is 5.91 Å². The maximum absolute atomic E-state index is 11.3. The Morgan fingerprint density at radius 3 is 3.12 bits per heavy atom. The summed E-state index contributed by atoms with van der Waals surface area (Å²) in [6.07, 6.45) is 4.04. The molecule has 0 aliphatic carbocycles. The Balaban J connectivity index is 2.26. The Morgan fingerprint density at radius 2 is 2.50 bits per heavy atom. The van der Waals surface area contributed by atoms with E-state index < -0.39 is 0 Å². The Morgan fingerprint density at radius 1 is 1.69 bits per heavy atom. The number of amides is 1. The van der Waals surface area contributed by atoms with Gasteiger partial charge < -0.3 is 10.1 Å². The molecule has 0 aromatic carbocycles. The highest BCUT2D eigenvalue weighted by Gasteiger charge is 1.96. The highest BCUT2D eigenvalue weighted by molar-refractivity contribution is 7.09. The first kappa shape index (κ1) is 12.9. The molecule has 1 aromatic rings. The van der Waals surface area contributed by atoms with Crippen molar-refractivity contribution < 1.29 is 9.53 Å². The molecule has 1 heterocycles. The van der Waals surface area contributed by atoms with Crippen LogP contribution in [0.3, 0.4) is 0 Å². The molecule has 0 saturated carbocycles. The number of nitrogens with zero attached hydrogens (tertiary/aromatic N) is 1. The zero-order valence-corrected chi connectivity index (χ0v) is 10.3. The van der Waals surface area contributed by atoms with Gasteiger partial charge in [-0.3, -0.25) is 4.79 Å². The van der Waals surface area contributed by atoms with Gasteiger partial charge in [-0.2, -0.15) is 0 Å². The molecule has 0 radical (unpaired) electrons. The minimum absolute atomic E-state index is 0.0956. The third kappa shape index (κ3) is 5.04. The fourth-order valence-electron chi connectivity index (χ4n) is 1.10. The number of aromatic nitrogens is 1. The van der Waals surface area contributed by atoms with Crippen LogP contribution in [0.15, 0.2) is 11.5 Å². The van der Waals surface area contributed by atoms with Gasteiger partial charge in [-0.15, -0.1) is 11.3 Å². The van der Waals surface area contributed by atoms with Crippen LogP contribution in [0.5, 0.6) is 0 Å². The lowest BCUT2D eigenvalue weighted by atomic mass is 10.4. The lowest BCUT2D eigenvalue weighted by Crippen LogP contribution is -2.22. The Labute approximate surface area is 99.3 Å². The molecular weight excluding hydrogens is 224 g/mol. The maximum Gasteiger partial charge on any atom is 0.244 e. The molecule has 0 spiro atoms. The number of thiazole rings is 1. The van der Waals surface area contributed by atoms with Crippen molar-refractivity contribution in [2.75, 3.05) is 20.3 Å². The monoisotopic (exact) mass is 240 g/mol. The van der Waals surface area contributed by atoms with Crippen LogP contribution in [0.1, 0.15) is 17.1 Å². The van der Waals surface area contributed by atoms with Gasteiger partial charge in [-0.05, 0) is 19.4 Å². The van der Waals surface area contributed by atoms with Crippen molar-refractivity contribution >= 4 is 23.3 Å². The second-order valence-corrected chi connectivity index (χ2v) is 4.32. The van der Waals surface area contributed by atoms with Crippen molar-refractivity contribution in [2.24, 2.45) is 0 Å². The van der Waals surface area contributed by atoms with Crippen LogP contribution < -0.4 is 5.32 Å². The molecule has 1 amide bonds. The summed E-state index contributed by atoms with van der Waals surface area (Å²) in [4.78, 5) is 15.5. The van der Waals surface area contributed by atoms with Crippen molar-refractivity contribution in [2.45, 2.75) is 13.3 Å². The molecule has 0 unspecified atom stereocenters. The molecule has 0 saturated heterocycles. The van der Waals surface area contributed by atoms with Crippen molar-refractivity contribution in [3.63, 3.8) is 0 Å². The Hall–Kier alpha value is -1.20. The fourth-order valence-corrected chi connectivity index (χ4v) is 1.69. The van der Waals surface area contributed by atoms with Gasteiger partial charge >= 0.3 is 0 Å². The minimum atomic E-state index is -0.0956. The van der Waals surface area contributed by atoms with Crippen molar-refractivity contribution in [3.8, 4) is 0 Å². The third-order valence-electron chi connectivity index (χ3n) is 1.87. The standard InChI is InChI=1S/C11H16N2O2S/c1-9-13-10(8-16-9)4-5-11(14)12-6-3-7-15-2/h4-5,8H,3,6-7H2,1-2H3,(H,12,14)/b5-4+. The minimum Gasteiger partial charge on any atom is -0.385 e. The molecule has 0 fully saturated rings. The van der Waals surface area contributed by atoms with Crippen LogP contribution in [0.2, 0.25) is 0 Å². The molecule has 5 heteroatoms. The van der Waals surface area contributed by atoms with E-state index in [2.05, 4.69) is 10.3 Å². The first-order valence-electron chi connectivity index (χ1n) is 5.09. The summed E-state index contributed by atoms with van der Waals surface area (Å²) >= 11 is 1.57. The molecular formula is C11H16N2O2S. The van der Waals surface area contributed by atoms with Crippen LogP contribution in [0.4, 0.5) is 0 Å². The van der Waals surface area contributed by atoms with Gasteiger partial charge in [-0.1, -0.05) is 0 Å². The van der Waals surface area contributed by atoms with E-state index >= 15 is 0 Å². The fraction of sp³-hybridized carbons (Fsp3) is 0.455. The third-order valence-corrected chi connectivity index (χ3v) is 2.66. The molecule has 0 atom stereocenters. The summed E-state index contributed by atoms with van der Waals surface area (Å²) in [5.74, 6) is -0.0956. The molecule has 1 aromatic heterocycles. The number of hydrogen-bond acceptors (Lipinski definition) is 4. The van der Waals surface area contributed by atoms with Crippen molar-refractivity contribution in [3.05, 3.63) is 22.2 Å². The van der Waals surface area contributed by atoms with E-state index in [0.29, 0.717) is 13.2 Å². The Bertz CT molecular complexity index is 361. The molecule has 1 rings (SSSR count). The lowest BCUT2D eigenvalue weighted by molar-refractivity contribution is -0.116. The van der Waals surface area contributed by atoms with Crippen LogP contribution >= 0.6 is 11.3 Å². The zero-order valence-electron chi connectivity index (χ0n) is 9.53. The van der Waals surface area contributed by atoms with E-state index in [9.17, 15) is 4.79 Å². The van der Waals surface area contributed by atoms with Crippen LogP contribution in [0, 0.1) is 6.92 Å². The van der Waals surface area contributed by atoms with E-state index in [0.717, 1.165) is 17.1 Å². The van der Waals surface area contributed by atoms with E-state index in [1.165, 1.54) is 6.08 Å². The molecule has 4 nitrogen and oxygen atoms in total. The van der Waals surface area contributed by atoms with Gasteiger partial charge in [0.15, 0.2) is 0 Å². The van der Waals surface area contributed by atoms with Crippen LogP contribution in [-0.2, 0) is 9.53 Å². The maximum atomic E-state index is 11.3. The topological polar surface area (TPSA) is 51.2 Å². The number of carbonyl (C=O) groups excluding carboxylic acids is 1. The van der Waals surface area contributed by atoms with E-state index in [1.807, 2.05) is 12.3 Å². The number of nitrogens with one attached hydrogen (secondary N) is 1. The number of methoxy groups -OCH3 is 1. The highest BCUT2D eigenvalue weighted by Crippen LogP contribution is 2.08. The zero-order chi connectivity index (χ0) is 11.8. The Kier molecular flexibility index (Phi) is 5.74. The van der Waals surface area contributed by atoms with Gasteiger partial charge in [0.1, 0.15) is 0 Å². The number of ether oxygens (including phenoxy) is 1. The number of rotatable bonds is 6. The second kappa shape index (κ2) is 7.14. The summed E-state index contributed by atoms with van der Waals surface area (Å²) in [5.41, 5.74) is 0.828. The average molecular weight is 240 g/mol. The average Bonchev–Trinajstić information content (AvgIpc) is 2.68. The SMILES string of the molecule is COCCCNC(=O)/C=C/c1csc(C)n1. The molecule has 0 aliphatic rings.